The maximum Gasteiger partial charge on any atom is 0.304 e. The summed E-state index contributed by atoms with van der Waals surface area (Å²) in [7, 11) is 0. The highest BCUT2D eigenvalue weighted by atomic mass is 16.4. The quantitative estimate of drug-likeness (QED) is 0.419. The van der Waals surface area contributed by atoms with Crippen molar-refractivity contribution >= 4 is 22.9 Å². The summed E-state index contributed by atoms with van der Waals surface area (Å²) < 4.78 is 1.83. The summed E-state index contributed by atoms with van der Waals surface area (Å²) in [6.07, 6.45) is 0.624. The van der Waals surface area contributed by atoms with Gasteiger partial charge in [0.05, 0.1) is 24.2 Å². The molecule has 1 aliphatic heterocycles. The molecule has 0 radical (unpaired) electrons. The number of aliphatic carboxylic acids is 1. The van der Waals surface area contributed by atoms with Crippen molar-refractivity contribution in [3.63, 3.8) is 0 Å². The number of rotatable bonds is 6. The van der Waals surface area contributed by atoms with Gasteiger partial charge in [-0.2, -0.15) is 0 Å². The maximum absolute atomic E-state index is 13.3. The van der Waals surface area contributed by atoms with E-state index in [-0.39, 0.29) is 12.3 Å². The summed E-state index contributed by atoms with van der Waals surface area (Å²) in [5.74, 6) is -1.35. The third-order valence-corrected chi connectivity index (χ3v) is 7.52. The van der Waals surface area contributed by atoms with E-state index in [0.717, 1.165) is 44.5 Å². The van der Waals surface area contributed by atoms with E-state index in [2.05, 4.69) is 10.3 Å². The molecular weight excluding hydrogens is 466 g/mol. The second-order valence-electron chi connectivity index (χ2n) is 9.82. The Kier molecular flexibility index (Phi) is 6.50. The summed E-state index contributed by atoms with van der Waals surface area (Å²) >= 11 is 0. The highest BCUT2D eigenvalue weighted by Gasteiger charge is 2.27. The zero-order valence-electron chi connectivity index (χ0n) is 21.7. The monoisotopic (exact) mass is 497 g/mol. The van der Waals surface area contributed by atoms with Crippen molar-refractivity contribution in [2.24, 2.45) is 0 Å². The molecule has 190 valence electrons. The number of aromatic nitrogens is 4. The number of hydrogen-bond donors (Lipinski definition) is 1. The van der Waals surface area contributed by atoms with Gasteiger partial charge < -0.3 is 10.0 Å². The average molecular weight is 498 g/mol. The Morgan fingerprint density at radius 2 is 1.86 bits per heavy atom. The van der Waals surface area contributed by atoms with Crippen molar-refractivity contribution in [2.75, 3.05) is 6.54 Å². The lowest BCUT2D eigenvalue weighted by molar-refractivity contribution is -0.137. The first kappa shape index (κ1) is 24.6. The number of carboxylic acid groups (broad SMARTS) is 1. The van der Waals surface area contributed by atoms with E-state index in [1.54, 1.807) is 0 Å². The van der Waals surface area contributed by atoms with Crippen LogP contribution in [0.25, 0.3) is 11.0 Å². The number of fused-ring (bicyclic) bond motifs is 2. The summed E-state index contributed by atoms with van der Waals surface area (Å²) in [6.45, 7) is 9.75. The second kappa shape index (κ2) is 9.76. The van der Waals surface area contributed by atoms with Crippen LogP contribution in [0.4, 0.5) is 0 Å². The second-order valence-corrected chi connectivity index (χ2v) is 9.82. The Bertz CT molecular complexity index is 1520. The number of carbonyl (C=O) groups is 2. The summed E-state index contributed by atoms with van der Waals surface area (Å²) in [5.41, 5.74) is 9.02. The van der Waals surface area contributed by atoms with Gasteiger partial charge in [-0.1, -0.05) is 23.4 Å². The molecule has 5 rings (SSSR count). The van der Waals surface area contributed by atoms with Crippen LogP contribution >= 0.6 is 0 Å². The Hall–Kier alpha value is -4.07. The molecule has 2 aromatic heterocycles. The minimum Gasteiger partial charge on any atom is -0.481 e. The van der Waals surface area contributed by atoms with Gasteiger partial charge in [-0.25, -0.2) is 4.68 Å². The largest absolute Gasteiger partial charge is 0.481 e. The van der Waals surface area contributed by atoms with Gasteiger partial charge in [0, 0.05) is 30.3 Å². The molecule has 0 aliphatic carbocycles. The first-order valence-corrected chi connectivity index (χ1v) is 12.7. The molecule has 2 aromatic carbocycles. The summed E-state index contributed by atoms with van der Waals surface area (Å²) in [5, 5.41) is 18.3. The molecule has 1 amide bonds. The lowest BCUT2D eigenvalue weighted by Crippen LogP contribution is -2.36. The highest BCUT2D eigenvalue weighted by molar-refractivity contribution is 5.94. The van der Waals surface area contributed by atoms with Crippen LogP contribution in [-0.2, 0) is 24.3 Å². The topological polar surface area (TPSA) is 101 Å². The Morgan fingerprint density at radius 3 is 2.59 bits per heavy atom. The normalized spacial score (nSPS) is 14.0. The third kappa shape index (κ3) is 4.59. The van der Waals surface area contributed by atoms with Crippen molar-refractivity contribution < 1.29 is 14.7 Å². The number of benzene rings is 2. The van der Waals surface area contributed by atoms with E-state index >= 15 is 0 Å². The van der Waals surface area contributed by atoms with Gasteiger partial charge in [0.25, 0.3) is 5.91 Å². The van der Waals surface area contributed by atoms with Crippen LogP contribution in [0.2, 0.25) is 0 Å². The number of carbonyl (C=O) groups excluding carboxylic acids is 1. The lowest BCUT2D eigenvalue weighted by Gasteiger charge is -2.29. The number of nitrogens with zero attached hydrogens (tertiary/aromatic N) is 5. The lowest BCUT2D eigenvalue weighted by atomic mass is 9.87. The number of aryl methyl sites for hydroxylation is 4. The minimum absolute atomic E-state index is 0.0108. The third-order valence-electron chi connectivity index (χ3n) is 7.52. The van der Waals surface area contributed by atoms with Crippen molar-refractivity contribution in [1.29, 1.82) is 0 Å². The molecule has 0 saturated carbocycles. The predicted molar refractivity (Wildman–Crippen MR) is 141 cm³/mol. The number of carboxylic acids is 1. The van der Waals surface area contributed by atoms with Crippen molar-refractivity contribution in [1.82, 2.24) is 24.9 Å². The molecule has 1 N–H and O–H groups in total. The van der Waals surface area contributed by atoms with E-state index in [4.69, 9.17) is 4.98 Å². The van der Waals surface area contributed by atoms with Gasteiger partial charge in [0.1, 0.15) is 5.52 Å². The molecule has 0 spiro atoms. The van der Waals surface area contributed by atoms with E-state index < -0.39 is 11.9 Å². The molecule has 37 heavy (non-hydrogen) atoms. The SMILES string of the molecule is CCn1nnc2c(C)c([C@H](CC(=O)O)c3ccc4c(n3)CN(C(=O)c3ccc(C)c(C)c3)CC4)ccc21. The smallest absolute Gasteiger partial charge is 0.304 e. The van der Waals surface area contributed by atoms with Gasteiger partial charge in [-0.15, -0.1) is 5.10 Å². The number of hydrogen-bond acceptors (Lipinski definition) is 5. The predicted octanol–water partition coefficient (Wildman–Crippen LogP) is 4.58. The molecular formula is C29H31N5O3. The molecule has 0 fully saturated rings. The van der Waals surface area contributed by atoms with Crippen molar-refractivity contribution in [3.8, 4) is 0 Å². The van der Waals surface area contributed by atoms with Crippen LogP contribution < -0.4 is 0 Å². The number of amides is 1. The zero-order chi connectivity index (χ0) is 26.3. The van der Waals surface area contributed by atoms with Crippen LogP contribution in [0.3, 0.4) is 0 Å². The molecule has 0 unspecified atom stereocenters. The van der Waals surface area contributed by atoms with Gasteiger partial charge in [0.15, 0.2) is 0 Å². The first-order chi connectivity index (χ1) is 17.8. The molecule has 0 saturated heterocycles. The molecule has 4 aromatic rings. The molecule has 8 nitrogen and oxygen atoms in total. The van der Waals surface area contributed by atoms with Gasteiger partial charge in [-0.05, 0) is 86.2 Å². The Morgan fingerprint density at radius 1 is 1.05 bits per heavy atom. The molecule has 0 bridgehead atoms. The molecule has 1 aliphatic rings. The maximum atomic E-state index is 13.3. The van der Waals surface area contributed by atoms with E-state index in [0.29, 0.717) is 37.3 Å². The van der Waals surface area contributed by atoms with Crippen LogP contribution in [0.15, 0.2) is 42.5 Å². The zero-order valence-corrected chi connectivity index (χ0v) is 21.7. The van der Waals surface area contributed by atoms with E-state index in [9.17, 15) is 14.7 Å². The van der Waals surface area contributed by atoms with Gasteiger partial charge in [-0.3, -0.25) is 14.6 Å². The van der Waals surface area contributed by atoms with Crippen molar-refractivity contribution in [3.05, 3.63) is 87.2 Å². The molecule has 3 heterocycles. The van der Waals surface area contributed by atoms with Crippen LogP contribution in [-0.4, -0.2) is 48.4 Å². The molecule has 8 heteroatoms. The van der Waals surface area contributed by atoms with Crippen LogP contribution in [0.5, 0.6) is 0 Å². The fourth-order valence-corrected chi connectivity index (χ4v) is 5.19. The van der Waals surface area contributed by atoms with E-state index in [1.807, 2.05) is 79.7 Å². The van der Waals surface area contributed by atoms with Crippen molar-refractivity contribution in [2.45, 2.75) is 59.5 Å². The first-order valence-electron chi connectivity index (χ1n) is 12.7. The number of pyridine rings is 1. The summed E-state index contributed by atoms with van der Waals surface area (Å²) in [6, 6.07) is 13.7. The summed E-state index contributed by atoms with van der Waals surface area (Å²) in [4.78, 5) is 31.9. The highest BCUT2D eigenvalue weighted by Crippen LogP contribution is 2.33. The fourth-order valence-electron chi connectivity index (χ4n) is 5.19. The van der Waals surface area contributed by atoms with Gasteiger partial charge >= 0.3 is 5.97 Å². The fraction of sp³-hybridized carbons (Fsp3) is 0.345. The Balaban J connectivity index is 1.49. The van der Waals surface area contributed by atoms with Gasteiger partial charge in [0.2, 0.25) is 0 Å². The molecule has 1 atom stereocenters. The van der Waals surface area contributed by atoms with E-state index in [1.165, 1.54) is 0 Å². The van der Waals surface area contributed by atoms with Crippen LogP contribution in [0, 0.1) is 20.8 Å². The average Bonchev–Trinajstić information content (AvgIpc) is 3.32. The Labute approximate surface area is 215 Å². The van der Waals surface area contributed by atoms with Crippen LogP contribution in [0.1, 0.15) is 68.8 Å². The standard InChI is InChI=1S/C29H31N5O3/c1-5-34-26-11-9-22(19(4)28(26)31-32-34)23(15-27(35)36)24-10-8-20-12-13-33(16-25(20)30-24)29(37)21-7-6-17(2)18(3)14-21/h6-11,14,23H,5,12-13,15-16H2,1-4H3,(H,35,36)/t23-/m0/s1. The minimum atomic E-state index is -0.896.